The Morgan fingerprint density at radius 2 is 2.20 bits per heavy atom. The van der Waals surface area contributed by atoms with Gasteiger partial charge in [-0.3, -0.25) is 0 Å². The van der Waals surface area contributed by atoms with Crippen LogP contribution in [0.2, 0.25) is 0 Å². The molecule has 1 aromatic carbocycles. The van der Waals surface area contributed by atoms with Crippen LogP contribution in [0.25, 0.3) is 0 Å². The van der Waals surface area contributed by atoms with Crippen LogP contribution in [-0.4, -0.2) is 5.21 Å². The van der Waals surface area contributed by atoms with Crippen LogP contribution < -0.4 is 16.1 Å². The molecule has 10 heavy (non-hydrogen) atoms. The van der Waals surface area contributed by atoms with Gasteiger partial charge in [-0.05, 0) is 12.1 Å². The molecule has 0 aliphatic carbocycles. The molecule has 0 radical (unpaired) electrons. The fourth-order valence-corrected chi connectivity index (χ4v) is 0.996. The first-order chi connectivity index (χ1) is 4.88. The molecule has 4 heteroatoms. The SMILES string of the molecule is ON1[NH2+]Nc2ccccc21. The summed E-state index contributed by atoms with van der Waals surface area (Å²) in [6, 6.07) is 7.54. The summed E-state index contributed by atoms with van der Waals surface area (Å²) >= 11 is 0. The zero-order valence-corrected chi connectivity index (χ0v) is 5.28. The third-order valence-electron chi connectivity index (χ3n) is 1.49. The molecule has 1 aliphatic rings. The highest BCUT2D eigenvalue weighted by atomic mass is 16.6. The molecule has 0 unspecified atom stereocenters. The monoisotopic (exact) mass is 138 g/mol. The van der Waals surface area contributed by atoms with E-state index in [9.17, 15) is 0 Å². The van der Waals surface area contributed by atoms with E-state index in [-0.39, 0.29) is 0 Å². The minimum atomic E-state index is 0.794. The lowest BCUT2D eigenvalue weighted by atomic mass is 10.3. The number of rotatable bonds is 0. The van der Waals surface area contributed by atoms with E-state index in [0.29, 0.717) is 0 Å². The minimum absolute atomic E-state index is 0.794. The second-order valence-corrected chi connectivity index (χ2v) is 2.14. The number of fused-ring (bicyclic) bond motifs is 1. The summed E-state index contributed by atoms with van der Waals surface area (Å²) in [4.78, 5) is 0. The van der Waals surface area contributed by atoms with E-state index in [2.05, 4.69) is 5.43 Å². The van der Waals surface area contributed by atoms with Gasteiger partial charge < -0.3 is 0 Å². The van der Waals surface area contributed by atoms with E-state index >= 15 is 0 Å². The number of nitrogens with one attached hydrogen (secondary N) is 1. The van der Waals surface area contributed by atoms with Crippen LogP contribution in [0, 0.1) is 0 Å². The van der Waals surface area contributed by atoms with Crippen molar-refractivity contribution in [1.29, 1.82) is 0 Å². The van der Waals surface area contributed by atoms with E-state index in [1.165, 1.54) is 5.53 Å². The molecular formula is C6H8N3O+. The highest BCUT2D eigenvalue weighted by Crippen LogP contribution is 2.22. The Kier molecular flexibility index (Phi) is 1.03. The van der Waals surface area contributed by atoms with Gasteiger partial charge in [-0.2, -0.15) is 0 Å². The first-order valence-electron chi connectivity index (χ1n) is 3.05. The number of nitrogens with zero attached hydrogens (tertiary/aromatic N) is 1. The first kappa shape index (κ1) is 5.52. The van der Waals surface area contributed by atoms with Crippen molar-refractivity contribution < 1.29 is 10.7 Å². The van der Waals surface area contributed by atoms with E-state index in [0.717, 1.165) is 16.5 Å². The molecule has 1 aliphatic heterocycles. The summed E-state index contributed by atoms with van der Waals surface area (Å²) in [6.07, 6.45) is 0. The van der Waals surface area contributed by atoms with E-state index in [1.54, 1.807) is 0 Å². The van der Waals surface area contributed by atoms with Gasteiger partial charge in [-0.1, -0.05) is 17.3 Å². The van der Waals surface area contributed by atoms with Crippen LogP contribution in [0.4, 0.5) is 11.4 Å². The normalized spacial score (nSPS) is 14.7. The zero-order chi connectivity index (χ0) is 6.97. The number of hydrogen-bond donors (Lipinski definition) is 3. The maximum absolute atomic E-state index is 9.10. The van der Waals surface area contributed by atoms with Crippen molar-refractivity contribution in [3.63, 3.8) is 0 Å². The third kappa shape index (κ3) is 0.632. The summed E-state index contributed by atoms with van der Waals surface area (Å²) in [5, 5.41) is 10.2. The number of benzene rings is 1. The van der Waals surface area contributed by atoms with Crippen molar-refractivity contribution in [1.82, 2.24) is 0 Å². The van der Waals surface area contributed by atoms with Crippen LogP contribution in [0.3, 0.4) is 0 Å². The van der Waals surface area contributed by atoms with Crippen molar-refractivity contribution in [2.24, 2.45) is 0 Å². The third-order valence-corrected chi connectivity index (χ3v) is 1.49. The van der Waals surface area contributed by atoms with Gasteiger partial charge in [0.05, 0.1) is 0 Å². The number of hydrogen-bond acceptors (Lipinski definition) is 3. The standard InChI is InChI=1S/C6H7N3O/c10-9-6-4-2-1-3-5(6)7-8-9/h1-4,7-8,10H/p+1. The van der Waals surface area contributed by atoms with Gasteiger partial charge in [0.25, 0.3) is 0 Å². The lowest BCUT2D eigenvalue weighted by Gasteiger charge is -2.00. The largest absolute Gasteiger partial charge is 0.242 e. The summed E-state index contributed by atoms with van der Waals surface area (Å²) in [7, 11) is 0. The molecule has 0 amide bonds. The van der Waals surface area contributed by atoms with Gasteiger partial charge in [-0.25, -0.2) is 10.6 Å². The van der Waals surface area contributed by atoms with Crippen LogP contribution in [0.15, 0.2) is 24.3 Å². The van der Waals surface area contributed by atoms with E-state index in [1.807, 2.05) is 24.3 Å². The molecule has 0 spiro atoms. The maximum atomic E-state index is 9.10. The van der Waals surface area contributed by atoms with E-state index < -0.39 is 0 Å². The summed E-state index contributed by atoms with van der Waals surface area (Å²) in [5.74, 6) is 0. The summed E-state index contributed by atoms with van der Waals surface area (Å²) in [6.45, 7) is 0. The second kappa shape index (κ2) is 1.86. The van der Waals surface area contributed by atoms with E-state index in [4.69, 9.17) is 5.21 Å². The van der Waals surface area contributed by atoms with Gasteiger partial charge in [0, 0.05) is 0 Å². The van der Waals surface area contributed by atoms with Gasteiger partial charge in [0.15, 0.2) is 5.69 Å². The van der Waals surface area contributed by atoms with Crippen molar-refractivity contribution in [2.75, 3.05) is 10.6 Å². The number of nitrogen functional groups attached to an aromatic ring is 1. The molecule has 2 rings (SSSR count). The van der Waals surface area contributed by atoms with Gasteiger partial charge in [0.2, 0.25) is 0 Å². The summed E-state index contributed by atoms with van der Waals surface area (Å²) < 4.78 is 0. The Bertz CT molecular complexity index is 251. The zero-order valence-electron chi connectivity index (χ0n) is 5.28. The van der Waals surface area contributed by atoms with Crippen LogP contribution in [0.1, 0.15) is 0 Å². The van der Waals surface area contributed by atoms with Crippen LogP contribution in [-0.2, 0) is 0 Å². The van der Waals surface area contributed by atoms with Crippen LogP contribution >= 0.6 is 0 Å². The van der Waals surface area contributed by atoms with Crippen molar-refractivity contribution in [3.05, 3.63) is 24.3 Å². The van der Waals surface area contributed by atoms with Crippen molar-refractivity contribution in [3.8, 4) is 0 Å². The number of nitrogens with two attached hydrogens (primary N) is 1. The molecule has 0 atom stereocenters. The Morgan fingerprint density at radius 1 is 1.40 bits per heavy atom. The number of para-hydroxylation sites is 2. The molecule has 1 heterocycles. The van der Waals surface area contributed by atoms with Gasteiger partial charge in [0.1, 0.15) is 5.69 Å². The maximum Gasteiger partial charge on any atom is 0.151 e. The Balaban J connectivity index is 2.51. The van der Waals surface area contributed by atoms with Crippen molar-refractivity contribution in [2.45, 2.75) is 0 Å². The predicted octanol–water partition coefficient (Wildman–Crippen LogP) is -0.299. The molecule has 0 bridgehead atoms. The average Bonchev–Trinajstić information content (AvgIpc) is 2.34. The molecule has 4 nitrogen and oxygen atoms in total. The molecule has 0 saturated carbocycles. The Morgan fingerprint density at radius 3 is 3.00 bits per heavy atom. The summed E-state index contributed by atoms with van der Waals surface area (Å²) in [5.41, 5.74) is 6.13. The quantitative estimate of drug-likeness (QED) is 0.431. The van der Waals surface area contributed by atoms with Crippen LogP contribution in [0.5, 0.6) is 0 Å². The number of quaternary nitrogens is 1. The Labute approximate surface area is 58.0 Å². The first-order valence-corrected chi connectivity index (χ1v) is 3.05. The molecule has 4 N–H and O–H groups in total. The molecule has 0 aromatic heterocycles. The van der Waals surface area contributed by atoms with Crippen molar-refractivity contribution >= 4 is 11.4 Å². The minimum Gasteiger partial charge on any atom is -0.242 e. The lowest BCUT2D eigenvalue weighted by molar-refractivity contribution is -0.667. The fourth-order valence-electron chi connectivity index (χ4n) is 0.996. The number of anilines is 2. The second-order valence-electron chi connectivity index (χ2n) is 2.14. The molecule has 52 valence electrons. The Hall–Kier alpha value is -1.26. The molecule has 0 saturated heterocycles. The molecule has 1 aromatic rings. The lowest BCUT2D eigenvalue weighted by Crippen LogP contribution is -2.94. The fraction of sp³-hybridized carbons (Fsp3) is 0. The molecular weight excluding hydrogens is 130 g/mol. The molecule has 0 fully saturated rings. The van der Waals surface area contributed by atoms with Gasteiger partial charge in [-0.15, -0.1) is 5.53 Å². The highest BCUT2D eigenvalue weighted by molar-refractivity contribution is 5.68. The topological polar surface area (TPSA) is 52.1 Å². The highest BCUT2D eigenvalue weighted by Gasteiger charge is 2.18. The smallest absolute Gasteiger partial charge is 0.151 e. The van der Waals surface area contributed by atoms with Gasteiger partial charge >= 0.3 is 0 Å². The predicted molar refractivity (Wildman–Crippen MR) is 36.3 cm³/mol. The average molecular weight is 138 g/mol.